The molecule has 26 heavy (non-hydrogen) atoms. The number of aliphatic hydroxyl groups excluding tert-OH is 1. The van der Waals surface area contributed by atoms with Gasteiger partial charge < -0.3 is 15.1 Å². The van der Waals surface area contributed by atoms with Gasteiger partial charge in [0.1, 0.15) is 18.5 Å². The molecule has 0 spiro atoms. The Bertz CT molecular complexity index is 410. The van der Waals surface area contributed by atoms with Crippen molar-refractivity contribution in [2.24, 2.45) is 4.99 Å². The summed E-state index contributed by atoms with van der Waals surface area (Å²) in [6.07, 6.45) is 16.2. The molecule has 0 radical (unpaired) electrons. The molecule has 0 aromatic rings. The van der Waals surface area contributed by atoms with Gasteiger partial charge in [-0.3, -0.25) is 9.79 Å². The van der Waals surface area contributed by atoms with E-state index in [0.717, 1.165) is 12.8 Å². The second-order valence-corrected chi connectivity index (χ2v) is 7.73. The van der Waals surface area contributed by atoms with E-state index in [4.69, 9.17) is 5.11 Å². The number of nitrogens with zero attached hydrogens (tertiary/aromatic N) is 2. The number of carboxylic acids is 1. The first-order chi connectivity index (χ1) is 12.5. The Morgan fingerprint density at radius 1 is 1.04 bits per heavy atom. The summed E-state index contributed by atoms with van der Waals surface area (Å²) < 4.78 is 0. The number of rotatable bonds is 16. The van der Waals surface area contributed by atoms with Crippen LogP contribution in [0.5, 0.6) is 0 Å². The third-order valence-electron chi connectivity index (χ3n) is 5.22. The van der Waals surface area contributed by atoms with Crippen molar-refractivity contribution in [1.82, 2.24) is 4.90 Å². The van der Waals surface area contributed by atoms with Crippen molar-refractivity contribution in [3.63, 3.8) is 0 Å². The van der Waals surface area contributed by atoms with E-state index >= 15 is 0 Å². The van der Waals surface area contributed by atoms with Gasteiger partial charge in [0.25, 0.3) is 0 Å². The lowest BCUT2D eigenvalue weighted by molar-refractivity contribution is -0.135. The summed E-state index contributed by atoms with van der Waals surface area (Å²) in [5.41, 5.74) is 0. The van der Waals surface area contributed by atoms with Crippen LogP contribution >= 0.6 is 0 Å². The van der Waals surface area contributed by atoms with Gasteiger partial charge >= 0.3 is 5.97 Å². The zero-order valence-electron chi connectivity index (χ0n) is 17.0. The van der Waals surface area contributed by atoms with E-state index in [0.29, 0.717) is 12.4 Å². The smallest absolute Gasteiger partial charge is 0.310 e. The molecule has 2 N–H and O–H groups in total. The summed E-state index contributed by atoms with van der Waals surface area (Å²) in [5, 5.41) is 18.7. The molecule has 152 valence electrons. The van der Waals surface area contributed by atoms with Crippen molar-refractivity contribution in [2.75, 3.05) is 6.54 Å². The number of hydrogen-bond acceptors (Lipinski definition) is 4. The predicted octanol–water partition coefficient (Wildman–Crippen LogP) is 4.97. The maximum atomic E-state index is 10.9. The highest BCUT2D eigenvalue weighted by Crippen LogP contribution is 2.19. The maximum Gasteiger partial charge on any atom is 0.310 e. The zero-order chi connectivity index (χ0) is 19.2. The molecule has 5 heteroatoms. The minimum absolute atomic E-state index is 0.0974. The number of hydrogen-bond donors (Lipinski definition) is 2. The van der Waals surface area contributed by atoms with Crippen LogP contribution in [0.25, 0.3) is 0 Å². The molecule has 1 aliphatic heterocycles. The lowest BCUT2D eigenvalue weighted by atomic mass is 10.0. The second kappa shape index (κ2) is 14.0. The standard InChI is InChI=1S/C21H40N2O3/c1-3-4-5-6-7-8-9-10-11-12-13-14-15-19-17-23(18(2)24)20(22-19)16-21(25)26/h18-19,24H,3-17H2,1-2H3,(H,25,26). The molecule has 0 aromatic carbocycles. The molecule has 1 heterocycles. The van der Waals surface area contributed by atoms with Crippen molar-refractivity contribution < 1.29 is 15.0 Å². The SMILES string of the molecule is CCCCCCCCCCCCCCC1CN(C(C)O)C(CC(=O)O)=N1. The first-order valence-electron chi connectivity index (χ1n) is 10.8. The molecule has 1 rings (SSSR count). The molecule has 0 aromatic heterocycles. The van der Waals surface area contributed by atoms with Gasteiger partial charge in [-0.1, -0.05) is 84.0 Å². The van der Waals surface area contributed by atoms with Gasteiger partial charge in [0.05, 0.1) is 6.04 Å². The first kappa shape index (κ1) is 22.9. The fourth-order valence-electron chi connectivity index (χ4n) is 3.69. The van der Waals surface area contributed by atoms with E-state index in [1.54, 1.807) is 11.8 Å². The van der Waals surface area contributed by atoms with E-state index in [-0.39, 0.29) is 12.5 Å². The largest absolute Gasteiger partial charge is 0.481 e. The Balaban J connectivity index is 2.02. The number of carboxylic acid groups (broad SMARTS) is 1. The molecule has 0 fully saturated rings. The number of amidine groups is 1. The highest BCUT2D eigenvalue weighted by atomic mass is 16.4. The molecule has 2 unspecified atom stereocenters. The highest BCUT2D eigenvalue weighted by molar-refractivity contribution is 5.97. The third-order valence-corrected chi connectivity index (χ3v) is 5.22. The van der Waals surface area contributed by atoms with E-state index < -0.39 is 12.2 Å². The lowest BCUT2D eigenvalue weighted by Crippen LogP contribution is -2.38. The average Bonchev–Trinajstić information content (AvgIpc) is 2.98. The summed E-state index contributed by atoms with van der Waals surface area (Å²) in [6, 6.07) is 0.141. The summed E-state index contributed by atoms with van der Waals surface area (Å²) in [4.78, 5) is 17.2. The monoisotopic (exact) mass is 368 g/mol. The van der Waals surface area contributed by atoms with Gasteiger partial charge in [0.2, 0.25) is 0 Å². The minimum atomic E-state index is -0.889. The van der Waals surface area contributed by atoms with Crippen molar-refractivity contribution in [2.45, 2.75) is 116 Å². The summed E-state index contributed by atoms with van der Waals surface area (Å²) in [7, 11) is 0. The number of aliphatic carboxylic acids is 1. The normalized spacial score (nSPS) is 18.2. The van der Waals surface area contributed by atoms with Crippen LogP contribution < -0.4 is 0 Å². The van der Waals surface area contributed by atoms with Gasteiger partial charge in [0.15, 0.2) is 0 Å². The first-order valence-corrected chi connectivity index (χ1v) is 10.8. The van der Waals surface area contributed by atoms with Gasteiger partial charge in [0, 0.05) is 6.54 Å². The van der Waals surface area contributed by atoms with E-state index in [9.17, 15) is 9.90 Å². The van der Waals surface area contributed by atoms with Crippen molar-refractivity contribution >= 4 is 11.8 Å². The number of unbranched alkanes of at least 4 members (excludes halogenated alkanes) is 11. The number of aliphatic imine (C=N–C) groups is 1. The molecule has 0 aliphatic carbocycles. The average molecular weight is 369 g/mol. The molecule has 2 atom stereocenters. The van der Waals surface area contributed by atoms with E-state index in [1.165, 1.54) is 70.6 Å². The fraction of sp³-hybridized carbons (Fsp3) is 0.905. The minimum Gasteiger partial charge on any atom is -0.481 e. The van der Waals surface area contributed by atoms with Crippen molar-refractivity contribution in [1.29, 1.82) is 0 Å². The lowest BCUT2D eigenvalue weighted by Gasteiger charge is -2.23. The molecule has 1 aliphatic rings. The van der Waals surface area contributed by atoms with Crippen LogP contribution in [0, 0.1) is 0 Å². The fourth-order valence-corrected chi connectivity index (χ4v) is 3.69. The van der Waals surface area contributed by atoms with Crippen LogP contribution in [0.15, 0.2) is 4.99 Å². The van der Waals surface area contributed by atoms with Crippen LogP contribution in [0.1, 0.15) is 104 Å². The Kier molecular flexibility index (Phi) is 12.4. The zero-order valence-corrected chi connectivity index (χ0v) is 17.0. The van der Waals surface area contributed by atoms with Crippen molar-refractivity contribution in [3.8, 4) is 0 Å². The van der Waals surface area contributed by atoms with Gasteiger partial charge in [-0.25, -0.2) is 0 Å². The maximum absolute atomic E-state index is 10.9. The van der Waals surface area contributed by atoms with Crippen LogP contribution in [-0.4, -0.2) is 45.7 Å². The van der Waals surface area contributed by atoms with Crippen LogP contribution in [0.3, 0.4) is 0 Å². The number of carbonyl (C=O) groups is 1. The highest BCUT2D eigenvalue weighted by Gasteiger charge is 2.28. The van der Waals surface area contributed by atoms with E-state index in [1.807, 2.05) is 0 Å². The molecule has 0 amide bonds. The molecule has 5 nitrogen and oxygen atoms in total. The summed E-state index contributed by atoms with van der Waals surface area (Å²) in [6.45, 7) is 4.58. The predicted molar refractivity (Wildman–Crippen MR) is 108 cm³/mol. The third kappa shape index (κ3) is 10.1. The topological polar surface area (TPSA) is 73.1 Å². The molecule has 0 saturated carbocycles. The molecule has 0 saturated heterocycles. The number of aliphatic hydroxyl groups is 1. The summed E-state index contributed by atoms with van der Waals surface area (Å²) >= 11 is 0. The van der Waals surface area contributed by atoms with Crippen LogP contribution in [-0.2, 0) is 4.79 Å². The van der Waals surface area contributed by atoms with Crippen LogP contribution in [0.2, 0.25) is 0 Å². The Morgan fingerprint density at radius 2 is 1.54 bits per heavy atom. The Hall–Kier alpha value is -1.10. The van der Waals surface area contributed by atoms with Gasteiger partial charge in [-0.2, -0.15) is 0 Å². The second-order valence-electron chi connectivity index (χ2n) is 7.73. The van der Waals surface area contributed by atoms with Crippen LogP contribution in [0.4, 0.5) is 0 Å². The molecule has 0 bridgehead atoms. The Morgan fingerprint density at radius 3 is 2.00 bits per heavy atom. The Labute approximate surface area is 159 Å². The summed E-state index contributed by atoms with van der Waals surface area (Å²) in [5.74, 6) is -0.364. The van der Waals surface area contributed by atoms with Crippen molar-refractivity contribution in [3.05, 3.63) is 0 Å². The quantitative estimate of drug-likeness (QED) is 0.377. The van der Waals surface area contributed by atoms with E-state index in [2.05, 4.69) is 11.9 Å². The van der Waals surface area contributed by atoms with Gasteiger partial charge in [-0.05, 0) is 13.3 Å². The van der Waals surface area contributed by atoms with Gasteiger partial charge in [-0.15, -0.1) is 0 Å². The molecular formula is C21H40N2O3. The molecular weight excluding hydrogens is 328 g/mol.